The summed E-state index contributed by atoms with van der Waals surface area (Å²) in [7, 11) is 0. The van der Waals surface area contributed by atoms with Gasteiger partial charge in [0.1, 0.15) is 0 Å². The number of benzene rings is 1. The van der Waals surface area contributed by atoms with E-state index in [1.807, 2.05) is 0 Å². The summed E-state index contributed by atoms with van der Waals surface area (Å²) in [6.45, 7) is 2.19. The van der Waals surface area contributed by atoms with Crippen molar-refractivity contribution in [2.75, 3.05) is 13.1 Å². The highest BCUT2D eigenvalue weighted by Gasteiger charge is 2.13. The molecule has 1 heteroatoms. The Morgan fingerprint density at radius 1 is 1.12 bits per heavy atom. The summed E-state index contributed by atoms with van der Waals surface area (Å²) < 4.78 is 0. The second-order valence-corrected chi connectivity index (χ2v) is 4.62. The van der Waals surface area contributed by atoms with Crippen LogP contribution < -0.4 is 5.32 Å². The topological polar surface area (TPSA) is 12.0 Å². The van der Waals surface area contributed by atoms with E-state index in [9.17, 15) is 0 Å². The zero-order valence-corrected chi connectivity index (χ0v) is 9.86. The van der Waals surface area contributed by atoms with Gasteiger partial charge in [0.2, 0.25) is 0 Å². The Labute approximate surface area is 98.6 Å². The zero-order valence-electron chi connectivity index (χ0n) is 9.86. The molecule has 1 aliphatic rings. The summed E-state index contributed by atoms with van der Waals surface area (Å²) in [6.07, 6.45) is 10.1. The van der Waals surface area contributed by atoms with Crippen molar-refractivity contribution < 1.29 is 0 Å². The lowest BCUT2D eigenvalue weighted by atomic mass is 10.1. The maximum absolute atomic E-state index is 3.51. The first-order valence-corrected chi connectivity index (χ1v) is 6.37. The molecule has 1 saturated carbocycles. The van der Waals surface area contributed by atoms with Gasteiger partial charge >= 0.3 is 0 Å². The third kappa shape index (κ3) is 3.82. The minimum absolute atomic E-state index is 0.935. The van der Waals surface area contributed by atoms with Gasteiger partial charge in [-0.15, -0.1) is 0 Å². The fourth-order valence-corrected chi connectivity index (χ4v) is 2.34. The first kappa shape index (κ1) is 11.4. The molecule has 0 unspecified atom stereocenters. The van der Waals surface area contributed by atoms with E-state index < -0.39 is 0 Å². The predicted molar refractivity (Wildman–Crippen MR) is 70.3 cm³/mol. The molecule has 1 aromatic carbocycles. The normalized spacial score (nSPS) is 17.2. The van der Waals surface area contributed by atoms with Crippen molar-refractivity contribution in [3.8, 4) is 0 Å². The van der Waals surface area contributed by atoms with E-state index in [1.54, 1.807) is 0 Å². The van der Waals surface area contributed by atoms with Gasteiger partial charge in [0.15, 0.2) is 0 Å². The minimum atomic E-state index is 0.935. The van der Waals surface area contributed by atoms with Gasteiger partial charge in [0.25, 0.3) is 0 Å². The Hall–Kier alpha value is -1.08. The molecule has 0 bridgehead atoms. The summed E-state index contributed by atoms with van der Waals surface area (Å²) >= 11 is 0. The highest BCUT2D eigenvalue weighted by molar-refractivity contribution is 5.48. The van der Waals surface area contributed by atoms with Crippen LogP contribution in [0.5, 0.6) is 0 Å². The van der Waals surface area contributed by atoms with E-state index in [1.165, 1.54) is 37.8 Å². The first-order valence-electron chi connectivity index (χ1n) is 6.37. The van der Waals surface area contributed by atoms with Crippen LogP contribution in [0.4, 0.5) is 0 Å². The summed E-state index contributed by atoms with van der Waals surface area (Å²) in [4.78, 5) is 0. The Balaban J connectivity index is 1.62. The van der Waals surface area contributed by atoms with E-state index in [0.29, 0.717) is 0 Å². The van der Waals surface area contributed by atoms with Gasteiger partial charge in [-0.1, -0.05) is 55.3 Å². The summed E-state index contributed by atoms with van der Waals surface area (Å²) in [5, 5.41) is 3.51. The number of rotatable bonds is 5. The molecular weight excluding hydrogens is 194 g/mol. The van der Waals surface area contributed by atoms with Crippen molar-refractivity contribution in [1.82, 2.24) is 5.32 Å². The minimum Gasteiger partial charge on any atom is -0.313 e. The van der Waals surface area contributed by atoms with Gasteiger partial charge in [-0.05, 0) is 30.9 Å². The smallest absolute Gasteiger partial charge is 0.0138 e. The maximum Gasteiger partial charge on any atom is 0.0138 e. The van der Waals surface area contributed by atoms with E-state index in [-0.39, 0.29) is 0 Å². The van der Waals surface area contributed by atoms with Crippen LogP contribution in [0.2, 0.25) is 0 Å². The molecule has 0 aliphatic heterocycles. The van der Waals surface area contributed by atoms with Gasteiger partial charge in [-0.3, -0.25) is 0 Å². The van der Waals surface area contributed by atoms with Gasteiger partial charge in [0, 0.05) is 6.54 Å². The lowest BCUT2D eigenvalue weighted by Gasteiger charge is -2.08. The predicted octanol–water partition coefficient (Wildman–Crippen LogP) is 3.48. The fraction of sp³-hybridized carbons (Fsp3) is 0.467. The van der Waals surface area contributed by atoms with E-state index in [0.717, 1.165) is 12.5 Å². The molecule has 1 nitrogen and oxygen atoms in total. The molecule has 0 spiro atoms. The molecule has 0 atom stereocenters. The highest BCUT2D eigenvalue weighted by atomic mass is 14.8. The second-order valence-electron chi connectivity index (χ2n) is 4.62. The SMILES string of the molecule is C(=Cc1ccccc1)CNCC1CCCC1. The summed E-state index contributed by atoms with van der Waals surface area (Å²) in [6, 6.07) is 10.5. The highest BCUT2D eigenvalue weighted by Crippen LogP contribution is 2.23. The van der Waals surface area contributed by atoms with Crippen LogP contribution in [-0.2, 0) is 0 Å². The van der Waals surface area contributed by atoms with Gasteiger partial charge in [-0.25, -0.2) is 0 Å². The molecular formula is C15H21N. The molecule has 0 amide bonds. The van der Waals surface area contributed by atoms with E-state index in [2.05, 4.69) is 47.8 Å². The molecule has 1 N–H and O–H groups in total. The lowest BCUT2D eigenvalue weighted by Crippen LogP contribution is -2.20. The summed E-state index contributed by atoms with van der Waals surface area (Å²) in [5.74, 6) is 0.935. The number of nitrogens with one attached hydrogen (secondary N) is 1. The van der Waals surface area contributed by atoms with Crippen molar-refractivity contribution >= 4 is 6.08 Å². The van der Waals surface area contributed by atoms with Gasteiger partial charge in [0.05, 0.1) is 0 Å². The van der Waals surface area contributed by atoms with Gasteiger partial charge in [-0.2, -0.15) is 0 Å². The molecule has 0 radical (unpaired) electrons. The summed E-state index contributed by atoms with van der Waals surface area (Å²) in [5.41, 5.74) is 1.28. The third-order valence-electron chi connectivity index (χ3n) is 3.28. The van der Waals surface area contributed by atoms with Crippen LogP contribution in [-0.4, -0.2) is 13.1 Å². The Morgan fingerprint density at radius 2 is 1.88 bits per heavy atom. The molecule has 1 aromatic rings. The number of hydrogen-bond donors (Lipinski definition) is 1. The van der Waals surface area contributed by atoms with Crippen LogP contribution in [0.15, 0.2) is 36.4 Å². The zero-order chi connectivity index (χ0) is 11.1. The van der Waals surface area contributed by atoms with Crippen molar-refractivity contribution in [3.05, 3.63) is 42.0 Å². The lowest BCUT2D eigenvalue weighted by molar-refractivity contribution is 0.505. The van der Waals surface area contributed by atoms with Crippen molar-refractivity contribution in [2.45, 2.75) is 25.7 Å². The Kier molecular flexibility index (Phi) is 4.63. The second kappa shape index (κ2) is 6.49. The molecule has 86 valence electrons. The molecule has 16 heavy (non-hydrogen) atoms. The Bertz CT molecular complexity index is 309. The first-order chi connectivity index (χ1) is 7.95. The average molecular weight is 215 g/mol. The van der Waals surface area contributed by atoms with Crippen molar-refractivity contribution in [1.29, 1.82) is 0 Å². The molecule has 0 heterocycles. The van der Waals surface area contributed by atoms with Crippen LogP contribution in [0.3, 0.4) is 0 Å². The van der Waals surface area contributed by atoms with Crippen molar-refractivity contribution in [3.63, 3.8) is 0 Å². The standard InChI is InChI=1S/C15H21N/c1-2-7-14(8-3-1)11-6-12-16-13-15-9-4-5-10-15/h1-3,6-8,11,15-16H,4-5,9-10,12-13H2. The fourth-order valence-electron chi connectivity index (χ4n) is 2.34. The molecule has 2 rings (SSSR count). The van der Waals surface area contributed by atoms with E-state index in [4.69, 9.17) is 0 Å². The monoisotopic (exact) mass is 215 g/mol. The average Bonchev–Trinajstić information content (AvgIpc) is 2.83. The third-order valence-corrected chi connectivity index (χ3v) is 3.28. The van der Waals surface area contributed by atoms with Crippen LogP contribution in [0.1, 0.15) is 31.2 Å². The molecule has 0 saturated heterocycles. The molecule has 1 aliphatic carbocycles. The van der Waals surface area contributed by atoms with Gasteiger partial charge < -0.3 is 5.32 Å². The van der Waals surface area contributed by atoms with Crippen molar-refractivity contribution in [2.24, 2.45) is 5.92 Å². The maximum atomic E-state index is 3.51. The quantitative estimate of drug-likeness (QED) is 0.741. The largest absolute Gasteiger partial charge is 0.313 e. The Morgan fingerprint density at radius 3 is 2.62 bits per heavy atom. The van der Waals surface area contributed by atoms with Crippen LogP contribution in [0.25, 0.3) is 6.08 Å². The van der Waals surface area contributed by atoms with Crippen LogP contribution >= 0.6 is 0 Å². The molecule has 0 aromatic heterocycles. The van der Waals surface area contributed by atoms with Crippen LogP contribution in [0, 0.1) is 5.92 Å². The molecule has 1 fully saturated rings. The van der Waals surface area contributed by atoms with E-state index >= 15 is 0 Å². The number of hydrogen-bond acceptors (Lipinski definition) is 1.